The number of cyclic esters (lactones) is 1. The number of para-hydroxylation sites is 1. The highest BCUT2D eigenvalue weighted by Crippen LogP contribution is 2.38. The SMILES string of the molecule is CC[C@H]1OC(=O)[C@H](C)[C@@H](O)[C@H](C)[C@@H](O[C@@H]2O[C@H](C)C[C@H](N(C)C(=O)N(C)c3ncccn3)[C@H]2Oc2ccccc2)[C@](C)(O)C[C@@H](C)CN(C)[C@H](C)[C@@H](O)[C@]1(C)O. The van der Waals surface area contributed by atoms with Crippen LogP contribution >= 0.6 is 0 Å². The van der Waals surface area contributed by atoms with Crippen molar-refractivity contribution >= 4 is 17.9 Å². The lowest BCUT2D eigenvalue weighted by molar-refractivity contribution is -0.293. The van der Waals surface area contributed by atoms with Gasteiger partial charge in [-0.3, -0.25) is 9.69 Å². The number of aromatic nitrogens is 2. The molecule has 2 aliphatic heterocycles. The second-order valence-electron chi connectivity index (χ2n) is 16.6. The van der Waals surface area contributed by atoms with Gasteiger partial charge in [-0.1, -0.05) is 39.0 Å². The number of likely N-dealkylation sites (N-methyl/N-ethyl adjacent to an activating group) is 2. The first-order valence-electron chi connectivity index (χ1n) is 19.7. The van der Waals surface area contributed by atoms with Gasteiger partial charge in [0.25, 0.3) is 0 Å². The molecule has 0 bridgehead atoms. The van der Waals surface area contributed by atoms with Gasteiger partial charge in [-0.15, -0.1) is 0 Å². The number of ether oxygens (including phenoxy) is 4. The lowest BCUT2D eigenvalue weighted by Crippen LogP contribution is -2.62. The molecular weight excluding hydrogens is 722 g/mol. The van der Waals surface area contributed by atoms with Crippen molar-refractivity contribution in [3.05, 3.63) is 48.8 Å². The summed E-state index contributed by atoms with van der Waals surface area (Å²) in [5.74, 6) is -2.23. The highest BCUT2D eigenvalue weighted by molar-refractivity contribution is 5.89. The van der Waals surface area contributed by atoms with E-state index in [2.05, 4.69) is 9.97 Å². The predicted octanol–water partition coefficient (Wildman–Crippen LogP) is 3.48. The van der Waals surface area contributed by atoms with E-state index in [1.165, 1.54) is 18.7 Å². The van der Waals surface area contributed by atoms with Crippen LogP contribution < -0.4 is 9.64 Å². The molecule has 2 fully saturated rings. The van der Waals surface area contributed by atoms with E-state index in [0.717, 1.165) is 0 Å². The monoisotopic (exact) mass is 787 g/mol. The van der Waals surface area contributed by atoms with Gasteiger partial charge >= 0.3 is 12.0 Å². The Morgan fingerprint density at radius 1 is 1.02 bits per heavy atom. The first-order valence-corrected chi connectivity index (χ1v) is 19.7. The van der Waals surface area contributed by atoms with Crippen molar-refractivity contribution in [2.45, 2.75) is 141 Å². The van der Waals surface area contributed by atoms with Crippen molar-refractivity contribution in [3.8, 4) is 5.75 Å². The molecule has 15 nitrogen and oxygen atoms in total. The molecule has 4 rings (SSSR count). The van der Waals surface area contributed by atoms with E-state index in [1.54, 1.807) is 77.3 Å². The maximum absolute atomic E-state index is 14.0. The fourth-order valence-corrected chi connectivity index (χ4v) is 8.31. The quantitative estimate of drug-likeness (QED) is 0.299. The van der Waals surface area contributed by atoms with Crippen LogP contribution in [0.5, 0.6) is 5.75 Å². The fraction of sp³-hybridized carbons (Fsp3) is 0.707. The summed E-state index contributed by atoms with van der Waals surface area (Å²) in [5.41, 5.74) is -3.42. The van der Waals surface area contributed by atoms with Crippen LogP contribution in [0.4, 0.5) is 10.7 Å². The Bertz CT molecular complexity index is 1550. The van der Waals surface area contributed by atoms with Crippen LogP contribution in [-0.4, -0.2) is 146 Å². The first kappa shape index (κ1) is 45.3. The molecule has 0 unspecified atom stereocenters. The van der Waals surface area contributed by atoms with Gasteiger partial charge < -0.3 is 49.2 Å². The van der Waals surface area contributed by atoms with Crippen molar-refractivity contribution in [1.29, 1.82) is 0 Å². The van der Waals surface area contributed by atoms with E-state index in [9.17, 15) is 30.0 Å². The molecule has 2 amide bonds. The normalized spacial score (nSPS) is 38.1. The molecule has 2 aromatic rings. The van der Waals surface area contributed by atoms with E-state index in [4.69, 9.17) is 18.9 Å². The van der Waals surface area contributed by atoms with Crippen LogP contribution in [0.15, 0.2) is 48.8 Å². The van der Waals surface area contributed by atoms with Crippen LogP contribution in [0.3, 0.4) is 0 Å². The molecule has 1 aromatic carbocycles. The van der Waals surface area contributed by atoms with Gasteiger partial charge in [-0.25, -0.2) is 14.8 Å². The molecule has 56 heavy (non-hydrogen) atoms. The van der Waals surface area contributed by atoms with Gasteiger partial charge in [0.15, 0.2) is 12.4 Å². The highest BCUT2D eigenvalue weighted by Gasteiger charge is 2.51. The van der Waals surface area contributed by atoms with Gasteiger partial charge in [-0.2, -0.15) is 0 Å². The first-order chi connectivity index (χ1) is 26.2. The number of anilines is 1. The largest absolute Gasteiger partial charge is 0.483 e. The van der Waals surface area contributed by atoms with E-state index >= 15 is 0 Å². The molecule has 3 heterocycles. The third kappa shape index (κ3) is 10.3. The van der Waals surface area contributed by atoms with E-state index in [0.29, 0.717) is 18.7 Å². The predicted molar refractivity (Wildman–Crippen MR) is 210 cm³/mol. The lowest BCUT2D eigenvalue weighted by atomic mass is 9.78. The van der Waals surface area contributed by atoms with E-state index in [1.807, 2.05) is 44.0 Å². The van der Waals surface area contributed by atoms with E-state index in [-0.39, 0.29) is 24.7 Å². The average Bonchev–Trinajstić information content (AvgIpc) is 3.17. The maximum Gasteiger partial charge on any atom is 0.326 e. The van der Waals surface area contributed by atoms with Crippen LogP contribution in [0, 0.1) is 17.8 Å². The van der Waals surface area contributed by atoms with Crippen LogP contribution in [0.25, 0.3) is 0 Å². The summed E-state index contributed by atoms with van der Waals surface area (Å²) >= 11 is 0. The van der Waals surface area contributed by atoms with Gasteiger partial charge in [0.2, 0.25) is 5.95 Å². The number of hydrogen-bond acceptors (Lipinski definition) is 13. The Hall–Kier alpha value is -3.44. The molecule has 0 aliphatic carbocycles. The van der Waals surface area contributed by atoms with Crippen molar-refractivity contribution in [2.24, 2.45) is 17.8 Å². The standard InChI is InChI=1S/C41H65N5O10/c1-12-31-41(8,52)34(48)28(6)44(9)23-24(2)22-40(7,51)35(26(4)32(47)27(5)36(49)55-31)56-37-33(54-29-17-14-13-15-18-29)30(21-25(3)53-37)45(10)39(50)46(11)38-42-19-16-20-43-38/h13-20,24-28,30-35,37,47-48,51-52H,12,21-23H2,1-11H3/t24-,25-,26+,27-,28-,30+,31-,32+,33-,34-,35-,37+,40-,41-/m1/s1. The number of amides is 2. The Labute approximate surface area is 331 Å². The Morgan fingerprint density at radius 3 is 2.25 bits per heavy atom. The highest BCUT2D eigenvalue weighted by atomic mass is 16.7. The molecule has 314 valence electrons. The number of rotatable bonds is 7. The van der Waals surface area contributed by atoms with Gasteiger partial charge in [-0.05, 0) is 85.0 Å². The topological polar surface area (TPSA) is 187 Å². The molecule has 14 atom stereocenters. The number of carbonyl (C=O) groups is 2. The summed E-state index contributed by atoms with van der Waals surface area (Å²) in [5, 5.41) is 47.3. The maximum atomic E-state index is 14.0. The van der Waals surface area contributed by atoms with Crippen molar-refractivity contribution < 1.29 is 49.0 Å². The summed E-state index contributed by atoms with van der Waals surface area (Å²) in [6.45, 7) is 14.1. The summed E-state index contributed by atoms with van der Waals surface area (Å²) in [4.78, 5) is 40.9. The van der Waals surface area contributed by atoms with Crippen LogP contribution in [0.2, 0.25) is 0 Å². The molecular formula is C41H65N5O10. The summed E-state index contributed by atoms with van der Waals surface area (Å²) in [6, 6.07) is 9.19. The average molecular weight is 788 g/mol. The Balaban J connectivity index is 1.76. The lowest BCUT2D eigenvalue weighted by Gasteiger charge is -2.48. The van der Waals surface area contributed by atoms with Crippen molar-refractivity contribution in [1.82, 2.24) is 19.8 Å². The molecule has 2 aliphatic rings. The minimum absolute atomic E-state index is 0.178. The van der Waals surface area contributed by atoms with Gasteiger partial charge in [0, 0.05) is 45.0 Å². The third-order valence-electron chi connectivity index (χ3n) is 11.7. The number of aliphatic hydroxyl groups excluding tert-OH is 2. The molecule has 1 aromatic heterocycles. The molecule has 2 saturated heterocycles. The summed E-state index contributed by atoms with van der Waals surface area (Å²) in [7, 11) is 5.08. The second kappa shape index (κ2) is 18.9. The number of esters is 1. The Morgan fingerprint density at radius 2 is 1.64 bits per heavy atom. The molecule has 0 saturated carbocycles. The van der Waals surface area contributed by atoms with Crippen molar-refractivity contribution in [3.63, 3.8) is 0 Å². The molecule has 15 heteroatoms. The number of aliphatic hydroxyl groups is 4. The van der Waals surface area contributed by atoms with Crippen LogP contribution in [-0.2, 0) is 19.0 Å². The molecule has 0 radical (unpaired) electrons. The van der Waals surface area contributed by atoms with Gasteiger partial charge in [0.05, 0.1) is 35.9 Å². The number of carbonyl (C=O) groups excluding carboxylic acids is 2. The van der Waals surface area contributed by atoms with E-state index < -0.39 is 90.0 Å². The second-order valence-corrected chi connectivity index (χ2v) is 16.6. The van der Waals surface area contributed by atoms with Crippen molar-refractivity contribution in [2.75, 3.05) is 32.6 Å². The smallest absolute Gasteiger partial charge is 0.326 e. The van der Waals surface area contributed by atoms with Gasteiger partial charge in [0.1, 0.15) is 23.6 Å². The molecule has 4 N–H and O–H groups in total. The minimum atomic E-state index is -1.80. The Kier molecular flexibility index (Phi) is 15.3. The third-order valence-corrected chi connectivity index (χ3v) is 11.7. The number of benzene rings is 1. The zero-order valence-electron chi connectivity index (χ0n) is 34.8. The minimum Gasteiger partial charge on any atom is -0.483 e. The fourth-order valence-electron chi connectivity index (χ4n) is 8.31. The zero-order valence-corrected chi connectivity index (χ0v) is 34.8. The summed E-state index contributed by atoms with van der Waals surface area (Å²) < 4.78 is 25.8. The zero-order chi connectivity index (χ0) is 41.7. The number of hydrogen-bond donors (Lipinski definition) is 4. The number of nitrogens with zero attached hydrogens (tertiary/aromatic N) is 5. The van der Waals surface area contributed by atoms with Crippen LogP contribution in [0.1, 0.15) is 74.7 Å². The molecule has 0 spiro atoms. The number of urea groups is 1. The summed E-state index contributed by atoms with van der Waals surface area (Å²) in [6.07, 6.45) is -3.53.